The number of carbonyl (C=O) groups excluding carboxylic acids is 1. The molecule has 3 heteroatoms. The van der Waals surface area contributed by atoms with E-state index in [9.17, 15) is 9.18 Å². The molecule has 18 heavy (non-hydrogen) atoms. The zero-order chi connectivity index (χ0) is 13.0. The summed E-state index contributed by atoms with van der Waals surface area (Å²) in [6, 6.07) is 13.6. The molecule has 0 aliphatic carbocycles. The van der Waals surface area contributed by atoms with Gasteiger partial charge in [0.2, 0.25) is 0 Å². The normalized spacial score (nSPS) is 10.1. The van der Waals surface area contributed by atoms with Gasteiger partial charge in [-0.3, -0.25) is 4.79 Å². The fourth-order valence-corrected chi connectivity index (χ4v) is 1.84. The van der Waals surface area contributed by atoms with Crippen molar-refractivity contribution in [3.8, 4) is 0 Å². The Morgan fingerprint density at radius 2 is 1.89 bits per heavy atom. The van der Waals surface area contributed by atoms with Crippen LogP contribution in [0.1, 0.15) is 15.9 Å². The molecule has 1 N–H and O–H groups in total. The second-order valence-electron chi connectivity index (χ2n) is 4.03. The maximum absolute atomic E-state index is 13.2. The van der Waals surface area contributed by atoms with Gasteiger partial charge < -0.3 is 5.32 Å². The fourth-order valence-electron chi connectivity index (χ4n) is 1.84. The molecule has 0 radical (unpaired) electrons. The number of anilines is 1. The second-order valence-corrected chi connectivity index (χ2v) is 4.03. The van der Waals surface area contributed by atoms with Crippen molar-refractivity contribution < 1.29 is 9.18 Å². The molecular formula is C15H14FNO. The molecule has 0 amide bonds. The van der Waals surface area contributed by atoms with Crippen LogP contribution >= 0.6 is 0 Å². The largest absolute Gasteiger partial charge is 0.388 e. The Balaban J connectivity index is 2.26. The van der Waals surface area contributed by atoms with Crippen molar-refractivity contribution in [1.29, 1.82) is 0 Å². The molecule has 0 spiro atoms. The number of carbonyl (C=O) groups is 1. The summed E-state index contributed by atoms with van der Waals surface area (Å²) in [6.07, 6.45) is 0.277. The van der Waals surface area contributed by atoms with Crippen LogP contribution in [0, 0.1) is 5.82 Å². The molecule has 0 saturated carbocycles. The van der Waals surface area contributed by atoms with Crippen molar-refractivity contribution in [3.05, 3.63) is 65.5 Å². The lowest BCUT2D eigenvalue weighted by molar-refractivity contribution is 0.0993. The fraction of sp³-hybridized carbons (Fsp3) is 0.133. The molecule has 0 aromatic heterocycles. The van der Waals surface area contributed by atoms with E-state index < -0.39 is 5.82 Å². The lowest BCUT2D eigenvalue weighted by atomic mass is 10.0. The van der Waals surface area contributed by atoms with Crippen molar-refractivity contribution in [3.63, 3.8) is 0 Å². The number of rotatable bonds is 4. The molecule has 0 aliphatic heterocycles. The first kappa shape index (κ1) is 12.3. The van der Waals surface area contributed by atoms with E-state index in [4.69, 9.17) is 0 Å². The van der Waals surface area contributed by atoms with Crippen LogP contribution in [0.2, 0.25) is 0 Å². The van der Waals surface area contributed by atoms with Crippen LogP contribution in [-0.2, 0) is 6.42 Å². The average Bonchev–Trinajstić information content (AvgIpc) is 2.40. The highest BCUT2D eigenvalue weighted by Crippen LogP contribution is 2.18. The van der Waals surface area contributed by atoms with E-state index in [1.54, 1.807) is 13.1 Å². The first-order chi connectivity index (χ1) is 8.70. The summed E-state index contributed by atoms with van der Waals surface area (Å²) in [6.45, 7) is 0. The molecule has 0 unspecified atom stereocenters. The predicted molar refractivity (Wildman–Crippen MR) is 70.4 cm³/mol. The molecule has 0 atom stereocenters. The predicted octanol–water partition coefficient (Wildman–Crippen LogP) is 3.29. The molecule has 0 heterocycles. The molecule has 0 fully saturated rings. The van der Waals surface area contributed by atoms with Gasteiger partial charge in [-0.1, -0.05) is 30.3 Å². The number of halogens is 1. The molecule has 92 valence electrons. The van der Waals surface area contributed by atoms with Crippen molar-refractivity contribution in [1.82, 2.24) is 0 Å². The average molecular weight is 243 g/mol. The summed E-state index contributed by atoms with van der Waals surface area (Å²) >= 11 is 0. The molecular weight excluding hydrogens is 229 g/mol. The standard InChI is InChI=1S/C15H14FNO/c1-17-14-8-7-12(16)10-13(14)15(18)9-11-5-3-2-4-6-11/h2-8,10,17H,9H2,1H3. The Kier molecular flexibility index (Phi) is 3.72. The van der Waals surface area contributed by atoms with Crippen molar-refractivity contribution >= 4 is 11.5 Å². The number of nitrogens with one attached hydrogen (secondary N) is 1. The van der Waals surface area contributed by atoms with Crippen LogP contribution in [-0.4, -0.2) is 12.8 Å². The summed E-state index contributed by atoms with van der Waals surface area (Å²) < 4.78 is 13.2. The number of ketones is 1. The summed E-state index contributed by atoms with van der Waals surface area (Å²) in [7, 11) is 1.71. The highest BCUT2D eigenvalue weighted by atomic mass is 19.1. The number of hydrogen-bond acceptors (Lipinski definition) is 2. The third-order valence-electron chi connectivity index (χ3n) is 2.76. The van der Waals surface area contributed by atoms with Gasteiger partial charge >= 0.3 is 0 Å². The van der Waals surface area contributed by atoms with Gasteiger partial charge in [-0.15, -0.1) is 0 Å². The van der Waals surface area contributed by atoms with Gasteiger partial charge in [-0.25, -0.2) is 4.39 Å². The minimum absolute atomic E-state index is 0.0925. The number of hydrogen-bond donors (Lipinski definition) is 1. The zero-order valence-corrected chi connectivity index (χ0v) is 10.1. The Labute approximate surface area is 105 Å². The molecule has 2 aromatic carbocycles. The summed E-state index contributed by atoms with van der Waals surface area (Å²) in [4.78, 5) is 12.1. The summed E-state index contributed by atoms with van der Waals surface area (Å²) in [5, 5.41) is 2.90. The molecule has 0 saturated heterocycles. The van der Waals surface area contributed by atoms with Gasteiger partial charge in [0.05, 0.1) is 0 Å². The highest BCUT2D eigenvalue weighted by molar-refractivity contribution is 6.02. The molecule has 2 rings (SSSR count). The van der Waals surface area contributed by atoms with Gasteiger partial charge in [0.25, 0.3) is 0 Å². The van der Waals surface area contributed by atoms with E-state index in [0.29, 0.717) is 11.3 Å². The van der Waals surface area contributed by atoms with E-state index >= 15 is 0 Å². The molecule has 0 bridgehead atoms. The van der Waals surface area contributed by atoms with Gasteiger partial charge in [0.15, 0.2) is 5.78 Å². The third-order valence-corrected chi connectivity index (χ3v) is 2.76. The lowest BCUT2D eigenvalue weighted by Crippen LogP contribution is -2.07. The number of benzene rings is 2. The Hall–Kier alpha value is -2.16. The lowest BCUT2D eigenvalue weighted by Gasteiger charge is -2.08. The Morgan fingerprint density at radius 1 is 1.17 bits per heavy atom. The first-order valence-electron chi connectivity index (χ1n) is 5.75. The second kappa shape index (κ2) is 5.45. The van der Waals surface area contributed by atoms with Gasteiger partial charge in [0, 0.05) is 24.7 Å². The summed E-state index contributed by atoms with van der Waals surface area (Å²) in [5.74, 6) is -0.490. The minimum atomic E-state index is -0.398. The van der Waals surface area contributed by atoms with E-state index in [-0.39, 0.29) is 12.2 Å². The molecule has 2 aromatic rings. The molecule has 0 aliphatic rings. The highest BCUT2D eigenvalue weighted by Gasteiger charge is 2.12. The minimum Gasteiger partial charge on any atom is -0.388 e. The van der Waals surface area contributed by atoms with Crippen LogP contribution in [0.3, 0.4) is 0 Å². The van der Waals surface area contributed by atoms with Crippen LogP contribution in [0.4, 0.5) is 10.1 Å². The van der Waals surface area contributed by atoms with Gasteiger partial charge in [0.1, 0.15) is 5.82 Å². The smallest absolute Gasteiger partial charge is 0.169 e. The Bertz CT molecular complexity index is 552. The monoisotopic (exact) mass is 243 g/mol. The number of Topliss-reactive ketones (excluding diaryl/α,β-unsaturated/α-hetero) is 1. The molecule has 2 nitrogen and oxygen atoms in total. The maximum Gasteiger partial charge on any atom is 0.169 e. The Morgan fingerprint density at radius 3 is 2.56 bits per heavy atom. The van der Waals surface area contributed by atoms with Crippen LogP contribution in [0.25, 0.3) is 0 Å². The van der Waals surface area contributed by atoms with Crippen molar-refractivity contribution in [2.75, 3.05) is 12.4 Å². The summed E-state index contributed by atoms with van der Waals surface area (Å²) in [5.41, 5.74) is 1.97. The van der Waals surface area contributed by atoms with Crippen LogP contribution in [0.5, 0.6) is 0 Å². The van der Waals surface area contributed by atoms with Crippen LogP contribution < -0.4 is 5.32 Å². The maximum atomic E-state index is 13.2. The van der Waals surface area contributed by atoms with Crippen LogP contribution in [0.15, 0.2) is 48.5 Å². The van der Waals surface area contributed by atoms with Gasteiger partial charge in [-0.05, 0) is 23.8 Å². The van der Waals surface area contributed by atoms with Crippen molar-refractivity contribution in [2.45, 2.75) is 6.42 Å². The van der Waals surface area contributed by atoms with Gasteiger partial charge in [-0.2, -0.15) is 0 Å². The van der Waals surface area contributed by atoms with E-state index in [1.165, 1.54) is 12.1 Å². The van der Waals surface area contributed by atoms with E-state index in [1.807, 2.05) is 30.3 Å². The first-order valence-corrected chi connectivity index (χ1v) is 5.75. The topological polar surface area (TPSA) is 29.1 Å². The SMILES string of the molecule is CNc1ccc(F)cc1C(=O)Cc1ccccc1. The van der Waals surface area contributed by atoms with E-state index in [0.717, 1.165) is 5.56 Å². The van der Waals surface area contributed by atoms with Crippen molar-refractivity contribution in [2.24, 2.45) is 0 Å². The zero-order valence-electron chi connectivity index (χ0n) is 10.1. The third kappa shape index (κ3) is 2.74. The van der Waals surface area contributed by atoms with E-state index in [2.05, 4.69) is 5.32 Å². The quantitative estimate of drug-likeness (QED) is 0.835.